The molecule has 0 aliphatic carbocycles. The van der Waals surface area contributed by atoms with Crippen molar-refractivity contribution in [3.63, 3.8) is 0 Å². The third-order valence-corrected chi connectivity index (χ3v) is 4.21. The number of hydrogen-bond donors (Lipinski definition) is 1. The van der Waals surface area contributed by atoms with Crippen LogP contribution in [0, 0.1) is 13.8 Å². The standard InChI is InChI=1S/C12H14N2O3S/c1-9-5-3-4-6-12(9)18(15,16)14-7-11-10(2)13-8-17-11/h3-6,8,14H,7H2,1-2H3. The number of sulfonamides is 1. The molecule has 0 radical (unpaired) electrons. The maximum Gasteiger partial charge on any atom is 0.241 e. The summed E-state index contributed by atoms with van der Waals surface area (Å²) in [6.07, 6.45) is 1.30. The Bertz CT molecular complexity index is 647. The van der Waals surface area contributed by atoms with Crippen LogP contribution in [0.5, 0.6) is 0 Å². The topological polar surface area (TPSA) is 72.2 Å². The van der Waals surface area contributed by atoms with Crippen LogP contribution in [-0.2, 0) is 16.6 Å². The summed E-state index contributed by atoms with van der Waals surface area (Å²) in [6.45, 7) is 3.62. The molecule has 1 aromatic carbocycles. The molecule has 6 heteroatoms. The zero-order valence-electron chi connectivity index (χ0n) is 10.2. The summed E-state index contributed by atoms with van der Waals surface area (Å²) in [6, 6.07) is 6.83. The van der Waals surface area contributed by atoms with Gasteiger partial charge in [0.15, 0.2) is 6.39 Å². The first-order valence-electron chi connectivity index (χ1n) is 5.45. The summed E-state index contributed by atoms with van der Waals surface area (Å²) < 4.78 is 31.8. The average molecular weight is 266 g/mol. The van der Waals surface area contributed by atoms with Crippen LogP contribution in [0.2, 0.25) is 0 Å². The Morgan fingerprint density at radius 3 is 2.61 bits per heavy atom. The minimum absolute atomic E-state index is 0.0997. The summed E-state index contributed by atoms with van der Waals surface area (Å²) in [5, 5.41) is 0. The maximum atomic E-state index is 12.1. The predicted octanol–water partition coefficient (Wildman–Crippen LogP) is 1.77. The molecule has 2 rings (SSSR count). The Kier molecular flexibility index (Phi) is 3.49. The Labute approximate surface area is 106 Å². The first kappa shape index (κ1) is 12.8. The molecule has 0 unspecified atom stereocenters. The maximum absolute atomic E-state index is 12.1. The number of benzene rings is 1. The molecular formula is C12H14N2O3S. The van der Waals surface area contributed by atoms with E-state index in [0.717, 1.165) is 0 Å². The van der Waals surface area contributed by atoms with Crippen molar-refractivity contribution in [3.8, 4) is 0 Å². The number of nitrogens with one attached hydrogen (secondary N) is 1. The minimum atomic E-state index is -3.52. The van der Waals surface area contributed by atoms with E-state index in [1.807, 2.05) is 0 Å². The van der Waals surface area contributed by atoms with Crippen molar-refractivity contribution in [2.24, 2.45) is 0 Å². The van der Waals surface area contributed by atoms with Crippen molar-refractivity contribution >= 4 is 10.0 Å². The fourth-order valence-corrected chi connectivity index (χ4v) is 2.82. The third-order valence-electron chi connectivity index (χ3n) is 2.65. The molecule has 96 valence electrons. The van der Waals surface area contributed by atoms with Gasteiger partial charge in [-0.15, -0.1) is 0 Å². The smallest absolute Gasteiger partial charge is 0.241 e. The Hall–Kier alpha value is -1.66. The van der Waals surface area contributed by atoms with Crippen LogP contribution < -0.4 is 4.72 Å². The molecule has 1 heterocycles. The number of rotatable bonds is 4. The summed E-state index contributed by atoms with van der Waals surface area (Å²) in [7, 11) is -3.52. The minimum Gasteiger partial charge on any atom is -0.447 e. The van der Waals surface area contributed by atoms with E-state index in [-0.39, 0.29) is 11.4 Å². The van der Waals surface area contributed by atoms with Gasteiger partial charge in [0.2, 0.25) is 10.0 Å². The highest BCUT2D eigenvalue weighted by Gasteiger charge is 2.17. The number of nitrogens with zero attached hydrogens (tertiary/aromatic N) is 1. The second kappa shape index (κ2) is 4.91. The molecule has 0 saturated carbocycles. The zero-order chi connectivity index (χ0) is 13.2. The molecule has 1 aromatic heterocycles. The lowest BCUT2D eigenvalue weighted by Crippen LogP contribution is -2.24. The first-order valence-corrected chi connectivity index (χ1v) is 6.93. The van der Waals surface area contributed by atoms with Crippen LogP contribution in [0.3, 0.4) is 0 Å². The van der Waals surface area contributed by atoms with E-state index in [1.54, 1.807) is 38.1 Å². The number of oxazole rings is 1. The van der Waals surface area contributed by atoms with Gasteiger partial charge in [0.1, 0.15) is 5.76 Å². The molecule has 0 aliphatic heterocycles. The van der Waals surface area contributed by atoms with Gasteiger partial charge < -0.3 is 4.42 Å². The summed E-state index contributed by atoms with van der Waals surface area (Å²) in [5.41, 5.74) is 1.39. The zero-order valence-corrected chi connectivity index (χ0v) is 11.0. The highest BCUT2D eigenvalue weighted by molar-refractivity contribution is 7.89. The number of hydrogen-bond acceptors (Lipinski definition) is 4. The van der Waals surface area contributed by atoms with Gasteiger partial charge in [0.05, 0.1) is 17.1 Å². The van der Waals surface area contributed by atoms with E-state index >= 15 is 0 Å². The number of aryl methyl sites for hydroxylation is 2. The van der Waals surface area contributed by atoms with Crippen LogP contribution in [0.25, 0.3) is 0 Å². The first-order chi connectivity index (χ1) is 8.50. The summed E-state index contributed by atoms with van der Waals surface area (Å²) in [5.74, 6) is 0.521. The van der Waals surface area contributed by atoms with Crippen LogP contribution in [0.15, 0.2) is 40.0 Å². The fraction of sp³-hybridized carbons (Fsp3) is 0.250. The van der Waals surface area contributed by atoms with Gasteiger partial charge in [-0.05, 0) is 25.5 Å². The van der Waals surface area contributed by atoms with Crippen LogP contribution in [0.1, 0.15) is 17.0 Å². The lowest BCUT2D eigenvalue weighted by Gasteiger charge is -2.07. The van der Waals surface area contributed by atoms with E-state index in [0.29, 0.717) is 17.0 Å². The van der Waals surface area contributed by atoms with Gasteiger partial charge in [-0.1, -0.05) is 18.2 Å². The monoisotopic (exact) mass is 266 g/mol. The van der Waals surface area contributed by atoms with Gasteiger partial charge in [-0.2, -0.15) is 0 Å². The molecule has 18 heavy (non-hydrogen) atoms. The molecular weight excluding hydrogens is 252 g/mol. The molecule has 0 spiro atoms. The largest absolute Gasteiger partial charge is 0.447 e. The molecule has 0 atom stereocenters. The Balaban J connectivity index is 2.19. The average Bonchev–Trinajstić information content (AvgIpc) is 2.73. The van der Waals surface area contributed by atoms with Crippen LogP contribution in [0.4, 0.5) is 0 Å². The fourth-order valence-electron chi connectivity index (χ4n) is 1.59. The molecule has 1 N–H and O–H groups in total. The van der Waals surface area contributed by atoms with Crippen molar-refractivity contribution in [1.29, 1.82) is 0 Å². The van der Waals surface area contributed by atoms with E-state index in [1.165, 1.54) is 6.39 Å². The van der Waals surface area contributed by atoms with Crippen molar-refractivity contribution in [3.05, 3.63) is 47.7 Å². The second-order valence-corrected chi connectivity index (χ2v) is 5.69. The number of aromatic nitrogens is 1. The van der Waals surface area contributed by atoms with Gasteiger partial charge in [0.25, 0.3) is 0 Å². The molecule has 0 fully saturated rings. The van der Waals surface area contributed by atoms with Gasteiger partial charge in [-0.25, -0.2) is 18.1 Å². The normalized spacial score (nSPS) is 11.7. The van der Waals surface area contributed by atoms with Crippen molar-refractivity contribution in [1.82, 2.24) is 9.71 Å². The quantitative estimate of drug-likeness (QED) is 0.915. The Morgan fingerprint density at radius 2 is 2.00 bits per heavy atom. The molecule has 0 saturated heterocycles. The summed E-state index contributed by atoms with van der Waals surface area (Å²) in [4.78, 5) is 4.19. The lowest BCUT2D eigenvalue weighted by molar-refractivity contribution is 0.492. The molecule has 2 aromatic rings. The Morgan fingerprint density at radius 1 is 1.28 bits per heavy atom. The van der Waals surface area contributed by atoms with E-state index < -0.39 is 10.0 Å². The SMILES string of the molecule is Cc1ccccc1S(=O)(=O)NCc1ocnc1C. The van der Waals surface area contributed by atoms with Gasteiger partial charge >= 0.3 is 0 Å². The van der Waals surface area contributed by atoms with Crippen molar-refractivity contribution in [2.75, 3.05) is 0 Å². The predicted molar refractivity (Wildman–Crippen MR) is 66.4 cm³/mol. The summed E-state index contributed by atoms with van der Waals surface area (Å²) >= 11 is 0. The van der Waals surface area contributed by atoms with E-state index in [2.05, 4.69) is 9.71 Å². The highest BCUT2D eigenvalue weighted by Crippen LogP contribution is 2.14. The van der Waals surface area contributed by atoms with Crippen LogP contribution in [-0.4, -0.2) is 13.4 Å². The van der Waals surface area contributed by atoms with Crippen LogP contribution >= 0.6 is 0 Å². The van der Waals surface area contributed by atoms with Gasteiger partial charge in [0, 0.05) is 0 Å². The van der Waals surface area contributed by atoms with Gasteiger partial charge in [-0.3, -0.25) is 0 Å². The van der Waals surface area contributed by atoms with Crippen molar-refractivity contribution in [2.45, 2.75) is 25.3 Å². The molecule has 5 nitrogen and oxygen atoms in total. The van der Waals surface area contributed by atoms with E-state index in [9.17, 15) is 8.42 Å². The van der Waals surface area contributed by atoms with E-state index in [4.69, 9.17) is 4.42 Å². The lowest BCUT2D eigenvalue weighted by atomic mass is 10.2. The molecule has 0 amide bonds. The second-order valence-electron chi connectivity index (χ2n) is 3.95. The highest BCUT2D eigenvalue weighted by atomic mass is 32.2. The molecule has 0 aliphatic rings. The van der Waals surface area contributed by atoms with Crippen molar-refractivity contribution < 1.29 is 12.8 Å². The molecule has 0 bridgehead atoms. The third kappa shape index (κ3) is 2.60.